The second kappa shape index (κ2) is 7.39. The third kappa shape index (κ3) is 3.85. The second-order valence-electron chi connectivity index (χ2n) is 6.58. The van der Waals surface area contributed by atoms with Gasteiger partial charge in [0.05, 0.1) is 0 Å². The molecule has 1 spiro atoms. The van der Waals surface area contributed by atoms with Crippen LogP contribution in [-0.2, 0) is 6.42 Å². The molecule has 1 aromatic carbocycles. The summed E-state index contributed by atoms with van der Waals surface area (Å²) in [5, 5.41) is 7.13. The van der Waals surface area contributed by atoms with E-state index in [1.165, 1.54) is 70.4 Å². The van der Waals surface area contributed by atoms with Crippen LogP contribution >= 0.6 is 0 Å². The SMILES string of the molecule is c1ccc(CCCCN2CCNCC23CCNCC3)cc1. The molecule has 2 fully saturated rings. The fourth-order valence-electron chi connectivity index (χ4n) is 3.89. The van der Waals surface area contributed by atoms with E-state index in [9.17, 15) is 0 Å². The Morgan fingerprint density at radius 1 is 0.952 bits per heavy atom. The minimum Gasteiger partial charge on any atom is -0.317 e. The highest BCUT2D eigenvalue weighted by atomic mass is 15.3. The summed E-state index contributed by atoms with van der Waals surface area (Å²) >= 11 is 0. The van der Waals surface area contributed by atoms with Gasteiger partial charge in [0.2, 0.25) is 0 Å². The molecule has 2 aliphatic rings. The summed E-state index contributed by atoms with van der Waals surface area (Å²) in [7, 11) is 0. The number of unbranched alkanes of at least 4 members (excludes halogenated alkanes) is 1. The van der Waals surface area contributed by atoms with E-state index in [4.69, 9.17) is 0 Å². The quantitative estimate of drug-likeness (QED) is 0.812. The van der Waals surface area contributed by atoms with Gasteiger partial charge in [0.25, 0.3) is 0 Å². The summed E-state index contributed by atoms with van der Waals surface area (Å²) in [5.41, 5.74) is 1.92. The lowest BCUT2D eigenvalue weighted by molar-refractivity contribution is 0.0319. The van der Waals surface area contributed by atoms with Gasteiger partial charge >= 0.3 is 0 Å². The van der Waals surface area contributed by atoms with Crippen LogP contribution in [0.25, 0.3) is 0 Å². The number of piperidine rings is 1. The van der Waals surface area contributed by atoms with Crippen LogP contribution in [0, 0.1) is 0 Å². The molecule has 2 saturated heterocycles. The van der Waals surface area contributed by atoms with Gasteiger partial charge in [0, 0.05) is 25.2 Å². The molecule has 2 N–H and O–H groups in total. The number of nitrogens with zero attached hydrogens (tertiary/aromatic N) is 1. The zero-order valence-electron chi connectivity index (χ0n) is 13.1. The molecule has 3 nitrogen and oxygen atoms in total. The molecule has 3 heteroatoms. The summed E-state index contributed by atoms with van der Waals surface area (Å²) in [6.45, 7) is 7.21. The Morgan fingerprint density at radius 2 is 1.76 bits per heavy atom. The second-order valence-corrected chi connectivity index (χ2v) is 6.58. The Kier molecular flexibility index (Phi) is 5.28. The molecule has 0 aromatic heterocycles. The Hall–Kier alpha value is -0.900. The van der Waals surface area contributed by atoms with E-state index in [-0.39, 0.29) is 0 Å². The summed E-state index contributed by atoms with van der Waals surface area (Å²) < 4.78 is 0. The lowest BCUT2D eigenvalue weighted by atomic mass is 9.84. The predicted octanol–water partition coefficient (Wildman–Crippen LogP) is 2.04. The van der Waals surface area contributed by atoms with E-state index in [0.717, 1.165) is 6.54 Å². The molecule has 0 saturated carbocycles. The lowest BCUT2D eigenvalue weighted by Crippen LogP contribution is -2.64. The maximum atomic E-state index is 3.62. The van der Waals surface area contributed by atoms with E-state index >= 15 is 0 Å². The van der Waals surface area contributed by atoms with Crippen molar-refractivity contribution in [3.8, 4) is 0 Å². The van der Waals surface area contributed by atoms with Crippen LogP contribution in [0.4, 0.5) is 0 Å². The van der Waals surface area contributed by atoms with E-state index in [2.05, 4.69) is 45.9 Å². The zero-order valence-corrected chi connectivity index (χ0v) is 13.1. The van der Waals surface area contributed by atoms with Crippen LogP contribution in [0.15, 0.2) is 30.3 Å². The van der Waals surface area contributed by atoms with Gasteiger partial charge in [-0.15, -0.1) is 0 Å². The number of aryl methyl sites for hydroxylation is 1. The first-order valence-electron chi connectivity index (χ1n) is 8.60. The standard InChI is InChI=1S/C18H29N3/c1-2-6-17(7-3-1)8-4-5-14-21-15-13-20-16-18(21)9-11-19-12-10-18/h1-3,6-7,19-20H,4-5,8-16H2. The molecule has 0 atom stereocenters. The van der Waals surface area contributed by atoms with E-state index in [1.54, 1.807) is 0 Å². The van der Waals surface area contributed by atoms with Crippen LogP contribution in [0.5, 0.6) is 0 Å². The van der Waals surface area contributed by atoms with Crippen molar-refractivity contribution in [2.75, 3.05) is 39.3 Å². The summed E-state index contributed by atoms with van der Waals surface area (Å²) in [4.78, 5) is 2.79. The van der Waals surface area contributed by atoms with Crippen LogP contribution in [-0.4, -0.2) is 49.7 Å². The number of rotatable bonds is 5. The van der Waals surface area contributed by atoms with Crippen LogP contribution in [0.1, 0.15) is 31.2 Å². The Labute approximate surface area is 129 Å². The van der Waals surface area contributed by atoms with Gasteiger partial charge in [0.15, 0.2) is 0 Å². The van der Waals surface area contributed by atoms with Crippen molar-refractivity contribution in [2.45, 2.75) is 37.6 Å². The number of hydrogen-bond acceptors (Lipinski definition) is 3. The smallest absolute Gasteiger partial charge is 0.0358 e. The molecule has 0 radical (unpaired) electrons. The van der Waals surface area contributed by atoms with E-state index < -0.39 is 0 Å². The van der Waals surface area contributed by atoms with Gasteiger partial charge in [-0.3, -0.25) is 4.90 Å². The van der Waals surface area contributed by atoms with Gasteiger partial charge in [-0.05, 0) is 57.3 Å². The molecule has 0 unspecified atom stereocenters. The molecular formula is C18H29N3. The highest BCUT2D eigenvalue weighted by Crippen LogP contribution is 2.28. The van der Waals surface area contributed by atoms with Gasteiger partial charge in [-0.2, -0.15) is 0 Å². The third-order valence-electron chi connectivity index (χ3n) is 5.20. The average Bonchev–Trinajstić information content (AvgIpc) is 2.55. The van der Waals surface area contributed by atoms with Crippen LogP contribution in [0.2, 0.25) is 0 Å². The van der Waals surface area contributed by atoms with E-state index in [0.29, 0.717) is 5.54 Å². The van der Waals surface area contributed by atoms with E-state index in [1.807, 2.05) is 0 Å². The topological polar surface area (TPSA) is 27.3 Å². The first-order valence-corrected chi connectivity index (χ1v) is 8.60. The molecule has 116 valence electrons. The van der Waals surface area contributed by atoms with Gasteiger partial charge in [-0.1, -0.05) is 30.3 Å². The van der Waals surface area contributed by atoms with Crippen LogP contribution < -0.4 is 10.6 Å². The van der Waals surface area contributed by atoms with Crippen molar-refractivity contribution in [1.29, 1.82) is 0 Å². The maximum absolute atomic E-state index is 3.62. The van der Waals surface area contributed by atoms with Gasteiger partial charge in [-0.25, -0.2) is 0 Å². The molecule has 3 rings (SSSR count). The summed E-state index contributed by atoms with van der Waals surface area (Å²) in [6, 6.07) is 10.9. The number of piperazine rings is 1. The average molecular weight is 287 g/mol. The number of hydrogen-bond donors (Lipinski definition) is 2. The molecule has 0 amide bonds. The molecule has 2 heterocycles. The van der Waals surface area contributed by atoms with Gasteiger partial charge < -0.3 is 10.6 Å². The third-order valence-corrected chi connectivity index (χ3v) is 5.20. The first-order chi connectivity index (χ1) is 10.4. The highest BCUT2D eigenvalue weighted by molar-refractivity contribution is 5.14. The minimum absolute atomic E-state index is 0.441. The highest BCUT2D eigenvalue weighted by Gasteiger charge is 2.39. The monoisotopic (exact) mass is 287 g/mol. The Morgan fingerprint density at radius 3 is 2.57 bits per heavy atom. The van der Waals surface area contributed by atoms with Crippen molar-refractivity contribution in [1.82, 2.24) is 15.5 Å². The van der Waals surface area contributed by atoms with Crippen molar-refractivity contribution in [2.24, 2.45) is 0 Å². The molecule has 21 heavy (non-hydrogen) atoms. The number of nitrogens with one attached hydrogen (secondary N) is 2. The van der Waals surface area contributed by atoms with Crippen molar-refractivity contribution in [3.05, 3.63) is 35.9 Å². The Balaban J connectivity index is 1.46. The fraction of sp³-hybridized carbons (Fsp3) is 0.667. The van der Waals surface area contributed by atoms with Crippen molar-refractivity contribution < 1.29 is 0 Å². The number of benzene rings is 1. The molecular weight excluding hydrogens is 258 g/mol. The largest absolute Gasteiger partial charge is 0.317 e. The van der Waals surface area contributed by atoms with Gasteiger partial charge in [0.1, 0.15) is 0 Å². The minimum atomic E-state index is 0.441. The van der Waals surface area contributed by atoms with Crippen LogP contribution in [0.3, 0.4) is 0 Å². The molecule has 0 bridgehead atoms. The molecule has 0 aliphatic carbocycles. The Bertz CT molecular complexity index is 403. The summed E-state index contributed by atoms with van der Waals surface area (Å²) in [6.07, 6.45) is 6.46. The predicted molar refractivity (Wildman–Crippen MR) is 88.7 cm³/mol. The van der Waals surface area contributed by atoms with Crippen molar-refractivity contribution >= 4 is 0 Å². The summed E-state index contributed by atoms with van der Waals surface area (Å²) in [5.74, 6) is 0. The lowest BCUT2D eigenvalue weighted by Gasteiger charge is -2.50. The maximum Gasteiger partial charge on any atom is 0.0358 e. The molecule has 1 aromatic rings. The first kappa shape index (κ1) is 15.0. The van der Waals surface area contributed by atoms with Crippen molar-refractivity contribution in [3.63, 3.8) is 0 Å². The fourth-order valence-corrected chi connectivity index (χ4v) is 3.89. The zero-order chi connectivity index (χ0) is 14.4. The normalized spacial score (nSPS) is 22.5. The molecule has 2 aliphatic heterocycles.